The minimum Gasteiger partial charge on any atom is -0.484 e. The molecule has 1 amide bonds. The van der Waals surface area contributed by atoms with E-state index in [4.69, 9.17) is 4.74 Å². The molecule has 0 radical (unpaired) electrons. The molecule has 1 fully saturated rings. The molecule has 6 heteroatoms. The number of para-hydroxylation sites is 1. The molecule has 1 aromatic heterocycles. The predicted octanol–water partition coefficient (Wildman–Crippen LogP) is 3.80. The highest BCUT2D eigenvalue weighted by molar-refractivity contribution is 5.78. The van der Waals surface area contributed by atoms with Gasteiger partial charge in [-0.1, -0.05) is 24.3 Å². The zero-order valence-corrected chi connectivity index (χ0v) is 18.3. The highest BCUT2D eigenvalue weighted by Crippen LogP contribution is 2.25. The van der Waals surface area contributed by atoms with Crippen LogP contribution < -0.4 is 9.64 Å². The second-order valence-corrected chi connectivity index (χ2v) is 8.00. The molecule has 4 rings (SSSR count). The molecule has 1 aliphatic rings. The van der Waals surface area contributed by atoms with Crippen LogP contribution in [0.5, 0.6) is 5.75 Å². The maximum Gasteiger partial charge on any atom is 0.260 e. The number of amides is 1. The summed E-state index contributed by atoms with van der Waals surface area (Å²) in [6, 6.07) is 17.8. The molecule has 3 aromatic rings. The van der Waals surface area contributed by atoms with Crippen molar-refractivity contribution in [3.8, 4) is 17.0 Å². The normalized spacial score (nSPS) is 13.9. The summed E-state index contributed by atoms with van der Waals surface area (Å²) in [5.74, 6) is 1.57. The van der Waals surface area contributed by atoms with Crippen LogP contribution in [0.2, 0.25) is 0 Å². The van der Waals surface area contributed by atoms with Crippen molar-refractivity contribution in [3.05, 3.63) is 71.3 Å². The second kappa shape index (κ2) is 9.16. The van der Waals surface area contributed by atoms with Crippen molar-refractivity contribution >= 4 is 11.7 Å². The average Bonchev–Trinajstić information content (AvgIpc) is 2.81. The first-order chi connectivity index (χ1) is 15.0. The number of aryl methyl sites for hydroxylation is 3. The molecule has 31 heavy (non-hydrogen) atoms. The van der Waals surface area contributed by atoms with E-state index in [9.17, 15) is 4.79 Å². The van der Waals surface area contributed by atoms with Gasteiger partial charge in [0.1, 0.15) is 5.75 Å². The Labute approximate surface area is 183 Å². The van der Waals surface area contributed by atoms with Gasteiger partial charge in [0, 0.05) is 31.7 Å². The summed E-state index contributed by atoms with van der Waals surface area (Å²) in [5.41, 5.74) is 5.75. The van der Waals surface area contributed by atoms with E-state index >= 15 is 0 Å². The quantitative estimate of drug-likeness (QED) is 0.633. The summed E-state index contributed by atoms with van der Waals surface area (Å²) in [5, 5.41) is 8.95. The molecule has 0 spiro atoms. The van der Waals surface area contributed by atoms with E-state index in [1.807, 2.05) is 47.4 Å². The first kappa shape index (κ1) is 20.8. The van der Waals surface area contributed by atoms with Crippen LogP contribution in [-0.2, 0) is 4.79 Å². The number of ether oxygens (including phenoxy) is 1. The van der Waals surface area contributed by atoms with Crippen molar-refractivity contribution in [2.45, 2.75) is 20.8 Å². The SMILES string of the molecule is Cc1cc(C)c(-c2ccc(N3CCN(C(=O)COc4ccccc4)CC3)nn2)cc1C. The largest absolute Gasteiger partial charge is 0.484 e. The number of anilines is 1. The molecule has 0 bridgehead atoms. The smallest absolute Gasteiger partial charge is 0.260 e. The number of piperazine rings is 1. The Kier molecular flexibility index (Phi) is 6.16. The first-order valence-corrected chi connectivity index (χ1v) is 10.6. The molecular weight excluding hydrogens is 388 g/mol. The molecule has 6 nitrogen and oxygen atoms in total. The van der Waals surface area contributed by atoms with Crippen LogP contribution in [0.1, 0.15) is 16.7 Å². The van der Waals surface area contributed by atoms with Gasteiger partial charge in [0.15, 0.2) is 12.4 Å². The number of aromatic nitrogens is 2. The summed E-state index contributed by atoms with van der Waals surface area (Å²) >= 11 is 0. The molecule has 0 unspecified atom stereocenters. The van der Waals surface area contributed by atoms with Gasteiger partial charge in [0.05, 0.1) is 5.69 Å². The zero-order chi connectivity index (χ0) is 21.8. The Morgan fingerprint density at radius 2 is 1.58 bits per heavy atom. The van der Waals surface area contributed by atoms with Crippen molar-refractivity contribution in [1.82, 2.24) is 15.1 Å². The van der Waals surface area contributed by atoms with Gasteiger partial charge in [-0.25, -0.2) is 0 Å². The van der Waals surface area contributed by atoms with E-state index in [1.165, 1.54) is 16.7 Å². The zero-order valence-electron chi connectivity index (χ0n) is 18.3. The first-order valence-electron chi connectivity index (χ1n) is 10.6. The summed E-state index contributed by atoms with van der Waals surface area (Å²) in [6.45, 7) is 9.17. The van der Waals surface area contributed by atoms with E-state index in [-0.39, 0.29) is 12.5 Å². The number of benzene rings is 2. The molecule has 1 aliphatic heterocycles. The van der Waals surface area contributed by atoms with Crippen molar-refractivity contribution in [2.24, 2.45) is 0 Å². The Hall–Kier alpha value is -3.41. The lowest BCUT2D eigenvalue weighted by molar-refractivity contribution is -0.133. The van der Waals surface area contributed by atoms with E-state index < -0.39 is 0 Å². The Balaban J connectivity index is 1.34. The van der Waals surface area contributed by atoms with Crippen LogP contribution in [0.15, 0.2) is 54.6 Å². The number of nitrogens with zero attached hydrogens (tertiary/aromatic N) is 4. The molecule has 0 atom stereocenters. The monoisotopic (exact) mass is 416 g/mol. The molecule has 0 N–H and O–H groups in total. The van der Waals surface area contributed by atoms with E-state index in [0.29, 0.717) is 18.8 Å². The molecule has 160 valence electrons. The topological polar surface area (TPSA) is 58.6 Å². The maximum atomic E-state index is 12.5. The van der Waals surface area contributed by atoms with Gasteiger partial charge >= 0.3 is 0 Å². The third-order valence-corrected chi connectivity index (χ3v) is 5.83. The van der Waals surface area contributed by atoms with Crippen LogP contribution in [0.4, 0.5) is 5.82 Å². The average molecular weight is 417 g/mol. The molecule has 2 heterocycles. The lowest BCUT2D eigenvalue weighted by atomic mass is 9.99. The number of carbonyl (C=O) groups is 1. The number of rotatable bonds is 5. The van der Waals surface area contributed by atoms with Gasteiger partial charge in [-0.2, -0.15) is 0 Å². The van der Waals surface area contributed by atoms with Crippen molar-refractivity contribution in [3.63, 3.8) is 0 Å². The van der Waals surface area contributed by atoms with Gasteiger partial charge in [0.2, 0.25) is 0 Å². The van der Waals surface area contributed by atoms with E-state index in [0.717, 1.165) is 30.2 Å². The van der Waals surface area contributed by atoms with E-state index in [1.54, 1.807) is 0 Å². The summed E-state index contributed by atoms with van der Waals surface area (Å²) < 4.78 is 5.59. The van der Waals surface area contributed by atoms with Gasteiger partial charge in [-0.05, 0) is 67.8 Å². The molecule has 0 aliphatic carbocycles. The van der Waals surface area contributed by atoms with Crippen LogP contribution in [0.3, 0.4) is 0 Å². The lowest BCUT2D eigenvalue weighted by Gasteiger charge is -2.35. The lowest BCUT2D eigenvalue weighted by Crippen LogP contribution is -2.50. The molecule has 2 aromatic carbocycles. The second-order valence-electron chi connectivity index (χ2n) is 8.00. The number of hydrogen-bond donors (Lipinski definition) is 0. The van der Waals surface area contributed by atoms with Crippen molar-refractivity contribution in [2.75, 3.05) is 37.7 Å². The van der Waals surface area contributed by atoms with Gasteiger partial charge in [0.25, 0.3) is 5.91 Å². The number of carbonyl (C=O) groups excluding carboxylic acids is 1. The van der Waals surface area contributed by atoms with E-state index in [2.05, 4.69) is 48.0 Å². The minimum atomic E-state index is 0.00940. The molecule has 0 saturated carbocycles. The third kappa shape index (κ3) is 4.85. The van der Waals surface area contributed by atoms with Crippen LogP contribution in [-0.4, -0.2) is 53.8 Å². The molecular formula is C25H28N4O2. The van der Waals surface area contributed by atoms with Gasteiger partial charge in [-0.15, -0.1) is 10.2 Å². The summed E-state index contributed by atoms with van der Waals surface area (Å²) in [4.78, 5) is 16.5. The third-order valence-electron chi connectivity index (χ3n) is 5.83. The van der Waals surface area contributed by atoms with Gasteiger partial charge < -0.3 is 14.5 Å². The van der Waals surface area contributed by atoms with Crippen LogP contribution >= 0.6 is 0 Å². The Morgan fingerprint density at radius 1 is 0.871 bits per heavy atom. The fraction of sp³-hybridized carbons (Fsp3) is 0.320. The highest BCUT2D eigenvalue weighted by Gasteiger charge is 2.22. The fourth-order valence-electron chi connectivity index (χ4n) is 3.81. The molecule has 1 saturated heterocycles. The van der Waals surface area contributed by atoms with Crippen LogP contribution in [0, 0.1) is 20.8 Å². The minimum absolute atomic E-state index is 0.00940. The summed E-state index contributed by atoms with van der Waals surface area (Å²) in [6.07, 6.45) is 0. The Morgan fingerprint density at radius 3 is 2.26 bits per heavy atom. The number of hydrogen-bond acceptors (Lipinski definition) is 5. The fourth-order valence-corrected chi connectivity index (χ4v) is 3.81. The summed E-state index contributed by atoms with van der Waals surface area (Å²) in [7, 11) is 0. The van der Waals surface area contributed by atoms with Gasteiger partial charge in [-0.3, -0.25) is 4.79 Å². The van der Waals surface area contributed by atoms with Crippen molar-refractivity contribution < 1.29 is 9.53 Å². The Bertz CT molecular complexity index is 1040. The van der Waals surface area contributed by atoms with Crippen molar-refractivity contribution in [1.29, 1.82) is 0 Å². The standard InChI is InChI=1S/C25H28N4O2/c1-18-15-20(3)22(16-19(18)2)23-9-10-24(27-26-23)28-11-13-29(14-12-28)25(30)17-31-21-7-5-4-6-8-21/h4-10,15-16H,11-14,17H2,1-3H3. The maximum absolute atomic E-state index is 12.5. The predicted molar refractivity (Wildman–Crippen MR) is 122 cm³/mol. The highest BCUT2D eigenvalue weighted by atomic mass is 16.5. The van der Waals surface area contributed by atoms with Crippen LogP contribution in [0.25, 0.3) is 11.3 Å².